The first kappa shape index (κ1) is 27.7. The Balaban J connectivity index is 1.94. The molecule has 0 saturated heterocycles. The zero-order valence-electron chi connectivity index (χ0n) is 21.4. The van der Waals surface area contributed by atoms with Gasteiger partial charge in [0.2, 0.25) is 5.91 Å². The van der Waals surface area contributed by atoms with Gasteiger partial charge in [-0.25, -0.2) is 4.79 Å². The fourth-order valence-corrected chi connectivity index (χ4v) is 3.82. The molecule has 0 aliphatic heterocycles. The van der Waals surface area contributed by atoms with Crippen LogP contribution in [0.15, 0.2) is 72.8 Å². The number of anilines is 1. The number of ether oxygens (including phenoxy) is 1. The standard InChI is InChI=1S/C29H30N4O5/c1-5-33(27(36)23(18-24(30)34)32-28(37)38-29(2,3)4)25(20-12-7-6-8-13-20)26(35)31-22-16-15-19-11-9-10-14-21(19)17-22/h1,6-17,23,25H,18H2,2-4H3,(H2,30,34)(H,31,35)(H,32,37). The highest BCUT2D eigenvalue weighted by Crippen LogP contribution is 2.25. The Morgan fingerprint density at radius 1 is 0.974 bits per heavy atom. The van der Waals surface area contributed by atoms with Crippen LogP contribution < -0.4 is 16.4 Å². The summed E-state index contributed by atoms with van der Waals surface area (Å²) in [5, 5.41) is 7.08. The molecule has 9 heteroatoms. The lowest BCUT2D eigenvalue weighted by atomic mass is 10.0. The summed E-state index contributed by atoms with van der Waals surface area (Å²) in [5.41, 5.74) is 5.40. The monoisotopic (exact) mass is 514 g/mol. The third kappa shape index (κ3) is 7.34. The summed E-state index contributed by atoms with van der Waals surface area (Å²) in [6, 6.07) is 21.0. The van der Waals surface area contributed by atoms with Crippen LogP contribution in [0.2, 0.25) is 0 Å². The molecule has 0 radical (unpaired) electrons. The fraction of sp³-hybridized carbons (Fsp3) is 0.241. The lowest BCUT2D eigenvalue weighted by Crippen LogP contribution is -2.52. The molecule has 0 aliphatic rings. The van der Waals surface area contributed by atoms with E-state index < -0.39 is 47.9 Å². The molecule has 196 valence electrons. The third-order valence-electron chi connectivity index (χ3n) is 5.41. The smallest absolute Gasteiger partial charge is 0.408 e. The van der Waals surface area contributed by atoms with Crippen molar-refractivity contribution >= 4 is 40.3 Å². The van der Waals surface area contributed by atoms with Gasteiger partial charge in [0.1, 0.15) is 17.7 Å². The van der Waals surface area contributed by atoms with E-state index in [9.17, 15) is 19.2 Å². The maximum absolute atomic E-state index is 13.6. The van der Waals surface area contributed by atoms with Crippen molar-refractivity contribution < 1.29 is 23.9 Å². The molecular weight excluding hydrogens is 484 g/mol. The first-order valence-electron chi connectivity index (χ1n) is 11.9. The number of hydrogen-bond donors (Lipinski definition) is 3. The van der Waals surface area contributed by atoms with Crippen LogP contribution in [-0.2, 0) is 19.1 Å². The molecule has 2 unspecified atom stereocenters. The van der Waals surface area contributed by atoms with Gasteiger partial charge in [-0.1, -0.05) is 67.1 Å². The number of carbonyl (C=O) groups is 4. The fourth-order valence-electron chi connectivity index (χ4n) is 3.82. The van der Waals surface area contributed by atoms with Crippen LogP contribution in [0.4, 0.5) is 10.5 Å². The molecule has 3 aromatic carbocycles. The number of benzene rings is 3. The molecule has 3 aromatic rings. The number of rotatable bonds is 8. The lowest BCUT2D eigenvalue weighted by Gasteiger charge is -2.30. The second kappa shape index (κ2) is 11.9. The van der Waals surface area contributed by atoms with E-state index in [2.05, 4.69) is 16.7 Å². The molecular formula is C29H30N4O5. The largest absolute Gasteiger partial charge is 0.444 e. The predicted octanol–water partition coefficient (Wildman–Crippen LogP) is 3.71. The zero-order chi connectivity index (χ0) is 27.9. The minimum absolute atomic E-state index is 0.423. The van der Waals surface area contributed by atoms with Crippen LogP contribution in [0, 0.1) is 12.5 Å². The summed E-state index contributed by atoms with van der Waals surface area (Å²) >= 11 is 0. The molecule has 4 N–H and O–H groups in total. The van der Waals surface area contributed by atoms with Crippen molar-refractivity contribution in [1.29, 1.82) is 0 Å². The van der Waals surface area contributed by atoms with Crippen molar-refractivity contribution in [2.45, 2.75) is 44.9 Å². The number of carbonyl (C=O) groups excluding carboxylic acids is 4. The topological polar surface area (TPSA) is 131 Å². The summed E-state index contributed by atoms with van der Waals surface area (Å²) in [5.74, 6) is -2.32. The molecule has 0 aromatic heterocycles. The molecule has 3 rings (SSSR count). The van der Waals surface area contributed by atoms with Gasteiger partial charge < -0.3 is 21.1 Å². The average molecular weight is 515 g/mol. The molecule has 0 spiro atoms. The zero-order valence-corrected chi connectivity index (χ0v) is 21.4. The summed E-state index contributed by atoms with van der Waals surface area (Å²) in [6.45, 7) is 4.94. The van der Waals surface area contributed by atoms with Crippen molar-refractivity contribution in [3.05, 3.63) is 78.4 Å². The molecule has 0 heterocycles. The minimum Gasteiger partial charge on any atom is -0.444 e. The number of nitrogens with two attached hydrogens (primary N) is 1. The van der Waals surface area contributed by atoms with Gasteiger partial charge in [-0.15, -0.1) is 0 Å². The van der Waals surface area contributed by atoms with Gasteiger partial charge in [-0.3, -0.25) is 19.3 Å². The van der Waals surface area contributed by atoms with E-state index in [1.54, 1.807) is 63.2 Å². The highest BCUT2D eigenvalue weighted by molar-refractivity contribution is 6.01. The number of nitrogens with one attached hydrogen (secondary N) is 2. The Bertz CT molecular complexity index is 1370. The van der Waals surface area contributed by atoms with Gasteiger partial charge >= 0.3 is 6.09 Å². The Morgan fingerprint density at radius 3 is 2.21 bits per heavy atom. The van der Waals surface area contributed by atoms with Crippen LogP contribution in [0.25, 0.3) is 10.8 Å². The predicted molar refractivity (Wildman–Crippen MR) is 144 cm³/mol. The van der Waals surface area contributed by atoms with Crippen LogP contribution in [-0.4, -0.2) is 40.4 Å². The number of alkyl carbamates (subject to hydrolysis) is 1. The Labute approximate surface area is 221 Å². The van der Waals surface area contributed by atoms with E-state index in [0.717, 1.165) is 15.7 Å². The molecule has 2 atom stereocenters. The lowest BCUT2D eigenvalue weighted by molar-refractivity contribution is -0.138. The van der Waals surface area contributed by atoms with Crippen molar-refractivity contribution in [2.75, 3.05) is 5.32 Å². The molecule has 0 saturated carbocycles. The van der Waals surface area contributed by atoms with Crippen LogP contribution in [0.1, 0.15) is 38.8 Å². The van der Waals surface area contributed by atoms with Gasteiger partial charge in [0, 0.05) is 11.7 Å². The summed E-state index contributed by atoms with van der Waals surface area (Å²) in [4.78, 5) is 52.2. The Morgan fingerprint density at radius 2 is 1.61 bits per heavy atom. The van der Waals surface area contributed by atoms with Gasteiger partial charge in [-0.2, -0.15) is 0 Å². The summed E-state index contributed by atoms with van der Waals surface area (Å²) < 4.78 is 5.22. The maximum atomic E-state index is 13.6. The van der Waals surface area contributed by atoms with E-state index in [4.69, 9.17) is 16.9 Å². The highest BCUT2D eigenvalue weighted by atomic mass is 16.6. The third-order valence-corrected chi connectivity index (χ3v) is 5.41. The number of fused-ring (bicyclic) bond motifs is 1. The molecule has 9 nitrogen and oxygen atoms in total. The Hall–Kier alpha value is -4.84. The number of amides is 4. The molecule has 0 bridgehead atoms. The van der Waals surface area contributed by atoms with Crippen molar-refractivity contribution in [3.63, 3.8) is 0 Å². The highest BCUT2D eigenvalue weighted by Gasteiger charge is 2.36. The van der Waals surface area contributed by atoms with Crippen molar-refractivity contribution in [1.82, 2.24) is 10.2 Å². The van der Waals surface area contributed by atoms with Crippen molar-refractivity contribution in [2.24, 2.45) is 5.73 Å². The van der Waals surface area contributed by atoms with E-state index in [-0.39, 0.29) is 0 Å². The van der Waals surface area contributed by atoms with E-state index >= 15 is 0 Å². The van der Waals surface area contributed by atoms with Gasteiger partial charge in [-0.05, 0) is 49.2 Å². The van der Waals surface area contributed by atoms with E-state index in [1.165, 1.54) is 0 Å². The van der Waals surface area contributed by atoms with E-state index in [1.807, 2.05) is 30.3 Å². The molecule has 38 heavy (non-hydrogen) atoms. The quantitative estimate of drug-likeness (QED) is 0.312. The summed E-state index contributed by atoms with van der Waals surface area (Å²) in [6.07, 6.45) is 4.24. The molecule has 0 aliphatic carbocycles. The molecule has 0 fully saturated rings. The van der Waals surface area contributed by atoms with Gasteiger partial charge in [0.25, 0.3) is 11.8 Å². The normalized spacial score (nSPS) is 12.5. The van der Waals surface area contributed by atoms with Gasteiger partial charge in [0.05, 0.1) is 6.42 Å². The first-order valence-corrected chi connectivity index (χ1v) is 11.9. The Kier molecular flexibility index (Phi) is 8.71. The average Bonchev–Trinajstić information content (AvgIpc) is 2.85. The second-order valence-electron chi connectivity index (χ2n) is 9.57. The minimum atomic E-state index is -1.46. The first-order chi connectivity index (χ1) is 18.0. The van der Waals surface area contributed by atoms with Gasteiger partial charge in [0.15, 0.2) is 0 Å². The van der Waals surface area contributed by atoms with E-state index in [0.29, 0.717) is 11.3 Å². The summed E-state index contributed by atoms with van der Waals surface area (Å²) in [7, 11) is 0. The number of nitrogens with zero attached hydrogens (tertiary/aromatic N) is 1. The van der Waals surface area contributed by atoms with Crippen LogP contribution in [0.5, 0.6) is 0 Å². The van der Waals surface area contributed by atoms with Crippen LogP contribution in [0.3, 0.4) is 0 Å². The van der Waals surface area contributed by atoms with Crippen molar-refractivity contribution in [3.8, 4) is 12.5 Å². The SMILES string of the molecule is C#CN(C(=O)C(CC(N)=O)NC(=O)OC(C)(C)C)C(C(=O)Nc1ccc2ccccc2c1)c1ccccc1. The number of terminal acetylenes is 1. The number of hydrogen-bond acceptors (Lipinski definition) is 5. The second-order valence-corrected chi connectivity index (χ2v) is 9.57. The van der Waals surface area contributed by atoms with Crippen LogP contribution >= 0.6 is 0 Å². The number of primary amides is 1. The maximum Gasteiger partial charge on any atom is 0.408 e. The molecule has 4 amide bonds.